The molecule has 0 bridgehead atoms. The molecule has 3 N–H and O–H groups in total. The summed E-state index contributed by atoms with van der Waals surface area (Å²) in [5, 5.41) is 20.1. The van der Waals surface area contributed by atoms with Gasteiger partial charge in [0.05, 0.1) is 11.5 Å². The summed E-state index contributed by atoms with van der Waals surface area (Å²) < 4.78 is 0. The zero-order valence-electron chi connectivity index (χ0n) is 9.81. The summed E-state index contributed by atoms with van der Waals surface area (Å²) in [5.41, 5.74) is 6.15. The van der Waals surface area contributed by atoms with Crippen LogP contribution in [0.25, 0.3) is 0 Å². The van der Waals surface area contributed by atoms with Crippen LogP contribution in [0.4, 0.5) is 11.5 Å². The van der Waals surface area contributed by atoms with Crippen LogP contribution in [0.3, 0.4) is 0 Å². The zero-order valence-corrected chi connectivity index (χ0v) is 10.6. The van der Waals surface area contributed by atoms with E-state index in [0.29, 0.717) is 5.03 Å². The second kappa shape index (κ2) is 5.68. The lowest BCUT2D eigenvalue weighted by Crippen LogP contribution is -1.98. The molecule has 6 nitrogen and oxygen atoms in total. The van der Waals surface area contributed by atoms with E-state index in [-0.39, 0.29) is 18.1 Å². The van der Waals surface area contributed by atoms with Gasteiger partial charge in [0, 0.05) is 11.0 Å². The summed E-state index contributed by atoms with van der Waals surface area (Å²) >= 11 is 1.35. The summed E-state index contributed by atoms with van der Waals surface area (Å²) in [6.07, 6.45) is 0. The monoisotopic (exact) mass is 277 g/mol. The van der Waals surface area contributed by atoms with Gasteiger partial charge < -0.3 is 10.8 Å². The molecule has 1 heterocycles. The van der Waals surface area contributed by atoms with E-state index in [9.17, 15) is 10.1 Å². The van der Waals surface area contributed by atoms with E-state index in [4.69, 9.17) is 10.8 Å². The molecule has 0 aliphatic rings. The number of nitro groups is 1. The molecule has 98 valence electrons. The lowest BCUT2D eigenvalue weighted by molar-refractivity contribution is -0.384. The highest BCUT2D eigenvalue weighted by molar-refractivity contribution is 7.99. The van der Waals surface area contributed by atoms with Crippen LogP contribution in [-0.4, -0.2) is 15.0 Å². The number of pyridine rings is 1. The van der Waals surface area contributed by atoms with Crippen molar-refractivity contribution in [1.29, 1.82) is 0 Å². The van der Waals surface area contributed by atoms with Crippen molar-refractivity contribution in [2.75, 3.05) is 5.73 Å². The number of benzene rings is 1. The molecule has 0 aliphatic heterocycles. The molecule has 1 aromatic heterocycles. The van der Waals surface area contributed by atoms with E-state index in [0.717, 1.165) is 10.5 Å². The van der Waals surface area contributed by atoms with Crippen molar-refractivity contribution in [2.24, 2.45) is 0 Å². The largest absolute Gasteiger partial charge is 0.392 e. The lowest BCUT2D eigenvalue weighted by atomic mass is 10.2. The number of hydrogen-bond acceptors (Lipinski definition) is 6. The average molecular weight is 277 g/mol. The second-order valence-electron chi connectivity index (χ2n) is 3.72. The number of hydrogen-bond donors (Lipinski definition) is 2. The molecule has 0 atom stereocenters. The van der Waals surface area contributed by atoms with Crippen molar-refractivity contribution >= 4 is 23.3 Å². The number of nitrogens with two attached hydrogens (primary N) is 1. The Labute approximate surface area is 113 Å². The highest BCUT2D eigenvalue weighted by Gasteiger charge is 2.13. The van der Waals surface area contributed by atoms with E-state index in [2.05, 4.69) is 4.98 Å². The Morgan fingerprint density at radius 2 is 1.95 bits per heavy atom. The molecule has 1 aromatic carbocycles. The first kappa shape index (κ1) is 13.3. The van der Waals surface area contributed by atoms with Crippen molar-refractivity contribution in [3.05, 3.63) is 52.1 Å². The summed E-state index contributed by atoms with van der Waals surface area (Å²) in [7, 11) is 0. The van der Waals surface area contributed by atoms with Crippen LogP contribution < -0.4 is 5.73 Å². The van der Waals surface area contributed by atoms with Crippen LogP contribution >= 0.6 is 11.8 Å². The van der Waals surface area contributed by atoms with Gasteiger partial charge in [0.1, 0.15) is 5.03 Å². The minimum absolute atomic E-state index is 0.00627. The van der Waals surface area contributed by atoms with Gasteiger partial charge in [-0.15, -0.1) is 0 Å². The fraction of sp³-hybridized carbons (Fsp3) is 0.0833. The van der Waals surface area contributed by atoms with Gasteiger partial charge in [-0.3, -0.25) is 10.1 Å². The van der Waals surface area contributed by atoms with E-state index in [1.165, 1.54) is 17.8 Å². The fourth-order valence-corrected chi connectivity index (χ4v) is 2.24. The molecule has 0 saturated carbocycles. The number of anilines is 1. The quantitative estimate of drug-likeness (QED) is 0.656. The normalized spacial score (nSPS) is 10.4. The Morgan fingerprint density at radius 1 is 1.26 bits per heavy atom. The van der Waals surface area contributed by atoms with Crippen LogP contribution in [0, 0.1) is 10.1 Å². The molecule has 0 aliphatic carbocycles. The number of nitrogen functional groups attached to an aromatic ring is 1. The summed E-state index contributed by atoms with van der Waals surface area (Å²) in [4.78, 5) is 15.0. The Bertz CT molecular complexity index is 602. The first-order valence-corrected chi connectivity index (χ1v) is 6.20. The lowest BCUT2D eigenvalue weighted by Gasteiger charge is -2.03. The van der Waals surface area contributed by atoms with Gasteiger partial charge >= 0.3 is 5.69 Å². The molecular weight excluding hydrogens is 266 g/mol. The van der Waals surface area contributed by atoms with Crippen molar-refractivity contribution < 1.29 is 10.0 Å². The Hall–Kier alpha value is -2.12. The number of nitrogens with zero attached hydrogens (tertiary/aromatic N) is 2. The van der Waals surface area contributed by atoms with Crippen molar-refractivity contribution in [2.45, 2.75) is 16.5 Å². The predicted octanol–water partition coefficient (Wildman–Crippen LogP) is 2.22. The maximum absolute atomic E-state index is 10.6. The van der Waals surface area contributed by atoms with E-state index < -0.39 is 4.92 Å². The minimum atomic E-state index is -0.563. The van der Waals surface area contributed by atoms with Gasteiger partial charge in [0.2, 0.25) is 5.82 Å². The summed E-state index contributed by atoms with van der Waals surface area (Å²) in [6, 6.07) is 10.2. The molecule has 0 fully saturated rings. The predicted molar refractivity (Wildman–Crippen MR) is 71.8 cm³/mol. The number of aromatic nitrogens is 1. The Morgan fingerprint density at radius 3 is 2.47 bits per heavy atom. The number of aliphatic hydroxyl groups is 1. The third-order valence-corrected chi connectivity index (χ3v) is 3.35. The minimum Gasteiger partial charge on any atom is -0.392 e. The summed E-state index contributed by atoms with van der Waals surface area (Å²) in [6.45, 7) is -0.00627. The van der Waals surface area contributed by atoms with Crippen LogP contribution in [0.1, 0.15) is 5.56 Å². The fourth-order valence-electron chi connectivity index (χ4n) is 1.44. The Kier molecular flexibility index (Phi) is 3.98. The number of rotatable bonds is 4. The van der Waals surface area contributed by atoms with Crippen LogP contribution in [0.5, 0.6) is 0 Å². The molecular formula is C12H11N3O3S. The topological polar surface area (TPSA) is 102 Å². The molecule has 19 heavy (non-hydrogen) atoms. The third-order valence-electron chi connectivity index (χ3n) is 2.40. The van der Waals surface area contributed by atoms with Gasteiger partial charge in [-0.05, 0) is 23.8 Å². The zero-order chi connectivity index (χ0) is 13.8. The molecule has 0 unspecified atom stereocenters. The third kappa shape index (κ3) is 3.21. The summed E-state index contributed by atoms with van der Waals surface area (Å²) in [5.74, 6) is -0.0954. The highest BCUT2D eigenvalue weighted by atomic mass is 32.2. The van der Waals surface area contributed by atoms with Crippen LogP contribution in [0.2, 0.25) is 0 Å². The van der Waals surface area contributed by atoms with Gasteiger partial charge in [0.25, 0.3) is 0 Å². The van der Waals surface area contributed by atoms with Gasteiger partial charge in [0.15, 0.2) is 0 Å². The number of aliphatic hydroxyl groups excluding tert-OH is 1. The molecule has 0 amide bonds. The van der Waals surface area contributed by atoms with Crippen molar-refractivity contribution in [3.8, 4) is 0 Å². The molecule has 2 aromatic rings. The van der Waals surface area contributed by atoms with Crippen LogP contribution in [-0.2, 0) is 6.61 Å². The first-order chi connectivity index (χ1) is 9.10. The molecule has 0 radical (unpaired) electrons. The van der Waals surface area contributed by atoms with E-state index in [1.807, 2.05) is 12.1 Å². The van der Waals surface area contributed by atoms with Gasteiger partial charge in [-0.2, -0.15) is 0 Å². The maximum atomic E-state index is 10.6. The first-order valence-electron chi connectivity index (χ1n) is 5.38. The van der Waals surface area contributed by atoms with Crippen LogP contribution in [0.15, 0.2) is 46.3 Å². The van der Waals surface area contributed by atoms with E-state index in [1.54, 1.807) is 18.2 Å². The smallest absolute Gasteiger partial charge is 0.311 e. The van der Waals surface area contributed by atoms with Gasteiger partial charge in [-0.1, -0.05) is 23.9 Å². The second-order valence-corrected chi connectivity index (χ2v) is 4.81. The molecule has 7 heteroatoms. The Balaban J connectivity index is 2.18. The maximum Gasteiger partial charge on any atom is 0.311 e. The molecule has 2 rings (SSSR count). The highest BCUT2D eigenvalue weighted by Crippen LogP contribution is 2.29. The SMILES string of the molecule is Nc1nc(Sc2ccc(CO)cc2)ccc1[N+](=O)[O-]. The van der Waals surface area contributed by atoms with Gasteiger partial charge in [-0.25, -0.2) is 4.98 Å². The molecule has 0 saturated heterocycles. The standard InChI is InChI=1S/C12H11N3O3S/c13-12-10(15(17)18)5-6-11(14-12)19-9-3-1-8(7-16)2-4-9/h1-6,16H,7H2,(H2,13,14). The molecule has 0 spiro atoms. The van der Waals surface area contributed by atoms with E-state index >= 15 is 0 Å². The van der Waals surface area contributed by atoms with Crippen molar-refractivity contribution in [3.63, 3.8) is 0 Å². The average Bonchev–Trinajstić information content (AvgIpc) is 2.39. The van der Waals surface area contributed by atoms with Crippen molar-refractivity contribution in [1.82, 2.24) is 4.98 Å².